The quantitative estimate of drug-likeness (QED) is 0.576. The van der Waals surface area contributed by atoms with Crippen LogP contribution >= 0.6 is 15.9 Å². The van der Waals surface area contributed by atoms with Gasteiger partial charge in [-0.25, -0.2) is 15.0 Å². The van der Waals surface area contributed by atoms with Crippen LogP contribution in [0.2, 0.25) is 0 Å². The maximum atomic E-state index is 9.56. The van der Waals surface area contributed by atoms with Crippen LogP contribution in [0.4, 0.5) is 5.95 Å². The van der Waals surface area contributed by atoms with Crippen LogP contribution < -0.4 is 9.64 Å². The number of piperazine rings is 1. The summed E-state index contributed by atoms with van der Waals surface area (Å²) in [5.74, 6) is 1.72. The molecule has 0 bridgehead atoms. The third-order valence-corrected chi connectivity index (χ3v) is 6.90. The van der Waals surface area contributed by atoms with Gasteiger partial charge in [0.1, 0.15) is 11.9 Å². The van der Waals surface area contributed by atoms with Crippen LogP contribution in [0.3, 0.4) is 0 Å². The Morgan fingerprint density at radius 2 is 1.75 bits per heavy atom. The second-order valence-corrected chi connectivity index (χ2v) is 9.39. The molecule has 4 rings (SSSR count). The van der Waals surface area contributed by atoms with E-state index in [-0.39, 0.29) is 6.10 Å². The Morgan fingerprint density at radius 1 is 1.06 bits per heavy atom. The minimum absolute atomic E-state index is 0.201. The van der Waals surface area contributed by atoms with Crippen molar-refractivity contribution in [2.75, 3.05) is 51.2 Å². The molecule has 1 N–H and O–H groups in total. The van der Waals surface area contributed by atoms with Gasteiger partial charge in [-0.2, -0.15) is 0 Å². The number of aryl methyl sites for hydroxylation is 1. The standard InChI is InChI=1S/C23H33BrN6O2/c1-3-18-15-25-23(26-16-18)29-8-6-20(7-9-29)32-22-5-4-19(14-21(22)24)17-28-10-12-30(13-11-28)27(2)31/h4-5,14-16,20,31H,3,6-13,17H2,1-2H3. The Kier molecular flexibility index (Phi) is 7.96. The first-order chi connectivity index (χ1) is 15.5. The van der Waals surface area contributed by atoms with Crippen molar-refractivity contribution in [3.05, 3.63) is 46.2 Å². The van der Waals surface area contributed by atoms with E-state index in [0.717, 1.165) is 81.2 Å². The summed E-state index contributed by atoms with van der Waals surface area (Å²) < 4.78 is 7.33. The zero-order chi connectivity index (χ0) is 22.5. The summed E-state index contributed by atoms with van der Waals surface area (Å²) >= 11 is 3.71. The zero-order valence-corrected chi connectivity index (χ0v) is 20.5. The first kappa shape index (κ1) is 23.4. The van der Waals surface area contributed by atoms with Crippen LogP contribution in [-0.2, 0) is 13.0 Å². The van der Waals surface area contributed by atoms with E-state index >= 15 is 0 Å². The molecular weight excluding hydrogens is 472 g/mol. The fourth-order valence-electron chi connectivity index (χ4n) is 4.23. The highest BCUT2D eigenvalue weighted by molar-refractivity contribution is 9.10. The minimum Gasteiger partial charge on any atom is -0.489 e. The molecule has 3 heterocycles. The van der Waals surface area contributed by atoms with Crippen molar-refractivity contribution < 1.29 is 9.94 Å². The molecule has 8 nitrogen and oxygen atoms in total. The SMILES string of the molecule is CCc1cnc(N2CCC(Oc3ccc(CN4CCN(N(C)O)CC4)cc3Br)CC2)nc1. The molecule has 32 heavy (non-hydrogen) atoms. The van der Waals surface area contributed by atoms with Crippen LogP contribution in [0.15, 0.2) is 35.1 Å². The molecule has 1 aromatic heterocycles. The highest BCUT2D eigenvalue weighted by Gasteiger charge is 2.23. The summed E-state index contributed by atoms with van der Waals surface area (Å²) in [6, 6.07) is 6.40. The summed E-state index contributed by atoms with van der Waals surface area (Å²) in [5, 5.41) is 12.7. The number of halogens is 1. The van der Waals surface area contributed by atoms with Gasteiger partial charge in [0.25, 0.3) is 0 Å². The molecule has 0 unspecified atom stereocenters. The van der Waals surface area contributed by atoms with Gasteiger partial charge in [0, 0.05) is 78.1 Å². The molecule has 2 saturated heterocycles. The van der Waals surface area contributed by atoms with Crippen LogP contribution in [-0.4, -0.2) is 82.7 Å². The average Bonchev–Trinajstić information content (AvgIpc) is 2.82. The number of piperidine rings is 1. The first-order valence-corrected chi connectivity index (χ1v) is 12.2. The van der Waals surface area contributed by atoms with Crippen molar-refractivity contribution >= 4 is 21.9 Å². The number of nitrogens with zero attached hydrogens (tertiary/aromatic N) is 6. The second kappa shape index (κ2) is 10.9. The topological polar surface area (TPSA) is 68.2 Å². The summed E-state index contributed by atoms with van der Waals surface area (Å²) in [6.07, 6.45) is 6.92. The van der Waals surface area contributed by atoms with Crippen LogP contribution in [0, 0.1) is 0 Å². The molecule has 0 saturated carbocycles. The number of hydroxylamine groups is 1. The smallest absolute Gasteiger partial charge is 0.225 e. The van der Waals surface area contributed by atoms with E-state index < -0.39 is 0 Å². The largest absolute Gasteiger partial charge is 0.489 e. The normalized spacial score (nSPS) is 19.0. The van der Waals surface area contributed by atoms with E-state index in [2.05, 4.69) is 60.8 Å². The van der Waals surface area contributed by atoms with Crippen molar-refractivity contribution in [1.29, 1.82) is 0 Å². The van der Waals surface area contributed by atoms with Gasteiger partial charge in [-0.05, 0) is 45.6 Å². The third kappa shape index (κ3) is 5.96. The van der Waals surface area contributed by atoms with Crippen molar-refractivity contribution in [1.82, 2.24) is 25.0 Å². The Hall–Kier alpha value is -1.78. The molecule has 2 fully saturated rings. The fourth-order valence-corrected chi connectivity index (χ4v) is 4.75. The molecule has 9 heteroatoms. The number of benzene rings is 1. The number of ether oxygens (including phenoxy) is 1. The van der Waals surface area contributed by atoms with Crippen LogP contribution in [0.5, 0.6) is 5.75 Å². The summed E-state index contributed by atoms with van der Waals surface area (Å²) in [4.78, 5) is 13.7. The first-order valence-electron chi connectivity index (χ1n) is 11.4. The predicted molar refractivity (Wildman–Crippen MR) is 128 cm³/mol. The van der Waals surface area contributed by atoms with E-state index in [1.54, 1.807) is 7.05 Å². The van der Waals surface area contributed by atoms with Crippen molar-refractivity contribution in [2.24, 2.45) is 0 Å². The van der Waals surface area contributed by atoms with Gasteiger partial charge in [-0.3, -0.25) is 10.1 Å². The van der Waals surface area contributed by atoms with Crippen LogP contribution in [0.1, 0.15) is 30.9 Å². The monoisotopic (exact) mass is 504 g/mol. The molecule has 2 aliphatic heterocycles. The van der Waals surface area contributed by atoms with Gasteiger partial charge in [0.2, 0.25) is 5.95 Å². The Bertz CT molecular complexity index is 865. The molecule has 2 aliphatic rings. The molecule has 2 aromatic rings. The lowest BCUT2D eigenvalue weighted by atomic mass is 10.1. The van der Waals surface area contributed by atoms with E-state index in [0.29, 0.717) is 0 Å². The summed E-state index contributed by atoms with van der Waals surface area (Å²) in [5.41, 5.74) is 2.43. The van der Waals surface area contributed by atoms with E-state index in [1.807, 2.05) is 17.4 Å². The summed E-state index contributed by atoms with van der Waals surface area (Å²) in [7, 11) is 1.67. The number of hydrogen-bond acceptors (Lipinski definition) is 8. The number of hydrogen-bond donors (Lipinski definition) is 1. The van der Waals surface area contributed by atoms with Crippen molar-refractivity contribution in [3.63, 3.8) is 0 Å². The molecule has 0 radical (unpaired) electrons. The second-order valence-electron chi connectivity index (χ2n) is 8.53. The maximum Gasteiger partial charge on any atom is 0.225 e. The van der Waals surface area contributed by atoms with Gasteiger partial charge in [-0.1, -0.05) is 13.0 Å². The lowest BCUT2D eigenvalue weighted by molar-refractivity contribution is -0.236. The number of rotatable bonds is 7. The molecule has 0 atom stereocenters. The molecular formula is C23H33BrN6O2. The van der Waals surface area contributed by atoms with Gasteiger partial charge in [-0.15, -0.1) is 5.17 Å². The van der Waals surface area contributed by atoms with E-state index in [4.69, 9.17) is 4.74 Å². The van der Waals surface area contributed by atoms with Crippen molar-refractivity contribution in [3.8, 4) is 5.75 Å². The maximum absolute atomic E-state index is 9.56. The van der Waals surface area contributed by atoms with E-state index in [1.165, 1.54) is 16.3 Å². The molecule has 174 valence electrons. The van der Waals surface area contributed by atoms with E-state index in [9.17, 15) is 5.21 Å². The Balaban J connectivity index is 1.26. The Morgan fingerprint density at radius 3 is 2.34 bits per heavy atom. The number of hydrazine groups is 1. The molecule has 0 spiro atoms. The van der Waals surface area contributed by atoms with Gasteiger partial charge in [0.15, 0.2) is 0 Å². The minimum atomic E-state index is 0.201. The fraction of sp³-hybridized carbons (Fsp3) is 0.565. The average molecular weight is 505 g/mol. The highest BCUT2D eigenvalue weighted by Crippen LogP contribution is 2.30. The van der Waals surface area contributed by atoms with Crippen LogP contribution in [0.25, 0.3) is 0 Å². The zero-order valence-electron chi connectivity index (χ0n) is 19.0. The third-order valence-electron chi connectivity index (χ3n) is 6.28. The molecule has 0 amide bonds. The van der Waals surface area contributed by atoms with Crippen molar-refractivity contribution in [2.45, 2.75) is 38.8 Å². The van der Waals surface area contributed by atoms with Gasteiger partial charge < -0.3 is 9.64 Å². The lowest BCUT2D eigenvalue weighted by Gasteiger charge is -2.36. The number of anilines is 1. The molecule has 1 aromatic carbocycles. The van der Waals surface area contributed by atoms with Gasteiger partial charge >= 0.3 is 0 Å². The Labute approximate surface area is 198 Å². The number of aromatic nitrogens is 2. The van der Waals surface area contributed by atoms with Gasteiger partial charge in [0.05, 0.1) is 4.47 Å². The summed E-state index contributed by atoms with van der Waals surface area (Å²) in [6.45, 7) is 8.36. The predicted octanol–water partition coefficient (Wildman–Crippen LogP) is 3.20. The highest BCUT2D eigenvalue weighted by atomic mass is 79.9. The molecule has 0 aliphatic carbocycles. The lowest BCUT2D eigenvalue weighted by Crippen LogP contribution is -2.51.